The molecule has 4 nitrogen and oxygen atoms in total. The van der Waals surface area contributed by atoms with Gasteiger partial charge in [0, 0.05) is 0 Å². The van der Waals surface area contributed by atoms with Crippen LogP contribution in [0.15, 0.2) is 48.5 Å². The first-order chi connectivity index (χ1) is 9.97. The van der Waals surface area contributed by atoms with Crippen molar-refractivity contribution in [2.75, 3.05) is 0 Å². The van der Waals surface area contributed by atoms with Crippen molar-refractivity contribution < 1.29 is 20.1 Å². The van der Waals surface area contributed by atoms with Gasteiger partial charge < -0.3 is 15.3 Å². The van der Waals surface area contributed by atoms with Gasteiger partial charge in [-0.05, 0) is 35.4 Å². The van der Waals surface area contributed by atoms with E-state index in [-0.39, 0.29) is 16.3 Å². The highest BCUT2D eigenvalue weighted by Gasteiger charge is 2.11. The van der Waals surface area contributed by atoms with Crippen LogP contribution < -0.4 is 0 Å². The lowest BCUT2D eigenvalue weighted by Gasteiger charge is -2.08. The number of carboxylic acids is 1. The second-order valence-electron chi connectivity index (χ2n) is 4.44. The zero-order valence-corrected chi connectivity index (χ0v) is 11.7. The van der Waals surface area contributed by atoms with Crippen LogP contribution in [0.4, 0.5) is 0 Å². The average Bonchev–Trinajstić information content (AvgIpc) is 2.44. The van der Waals surface area contributed by atoms with Gasteiger partial charge in [-0.25, -0.2) is 4.79 Å². The molecule has 2 rings (SSSR count). The Morgan fingerprint density at radius 2 is 1.95 bits per heavy atom. The van der Waals surface area contributed by atoms with Crippen molar-refractivity contribution in [1.82, 2.24) is 0 Å². The molecule has 2 aromatic rings. The monoisotopic (exact) mass is 304 g/mol. The number of aromatic carboxylic acids is 1. The summed E-state index contributed by atoms with van der Waals surface area (Å²) in [5.74, 6) is -0.975. The van der Waals surface area contributed by atoms with E-state index < -0.39 is 12.1 Å². The van der Waals surface area contributed by atoms with Gasteiger partial charge in [-0.2, -0.15) is 0 Å². The van der Waals surface area contributed by atoms with Crippen molar-refractivity contribution in [3.8, 4) is 5.75 Å². The summed E-state index contributed by atoms with van der Waals surface area (Å²) < 4.78 is 0. The molecule has 0 aliphatic heterocycles. The number of aliphatic hydroxyl groups is 1. The molecule has 0 saturated heterocycles. The summed E-state index contributed by atoms with van der Waals surface area (Å²) in [5.41, 5.74) is 1.22. The van der Waals surface area contributed by atoms with Crippen LogP contribution in [0.3, 0.4) is 0 Å². The van der Waals surface area contributed by atoms with Gasteiger partial charge in [-0.1, -0.05) is 42.0 Å². The number of halogens is 1. The molecular formula is C16H13ClO4. The Kier molecular flexibility index (Phi) is 4.62. The van der Waals surface area contributed by atoms with Crippen LogP contribution >= 0.6 is 11.6 Å². The van der Waals surface area contributed by atoms with E-state index in [9.17, 15) is 15.0 Å². The van der Waals surface area contributed by atoms with Crippen molar-refractivity contribution in [3.05, 3.63) is 70.3 Å². The lowest BCUT2D eigenvalue weighted by molar-refractivity contribution is 0.0697. The van der Waals surface area contributed by atoms with Crippen LogP contribution in [0, 0.1) is 0 Å². The minimum Gasteiger partial charge on any atom is -0.508 e. The number of aliphatic hydroxyl groups excluding tert-OH is 1. The predicted octanol–water partition coefficient (Wildman–Crippen LogP) is 3.49. The number of benzene rings is 2. The number of aromatic hydroxyl groups is 1. The van der Waals surface area contributed by atoms with Crippen molar-refractivity contribution in [2.24, 2.45) is 0 Å². The minimum absolute atomic E-state index is 0.00965. The summed E-state index contributed by atoms with van der Waals surface area (Å²) in [6.07, 6.45) is 2.26. The van der Waals surface area contributed by atoms with E-state index in [2.05, 4.69) is 0 Å². The van der Waals surface area contributed by atoms with Crippen molar-refractivity contribution in [3.63, 3.8) is 0 Å². The molecule has 108 valence electrons. The molecule has 21 heavy (non-hydrogen) atoms. The Morgan fingerprint density at radius 1 is 1.19 bits per heavy atom. The van der Waals surface area contributed by atoms with E-state index in [4.69, 9.17) is 16.7 Å². The van der Waals surface area contributed by atoms with Crippen molar-refractivity contribution >= 4 is 23.6 Å². The SMILES string of the molecule is O=C(O)c1ccc(C(O)C=Cc2cccc(O)c2)cc1Cl. The van der Waals surface area contributed by atoms with Gasteiger partial charge >= 0.3 is 5.97 Å². The molecule has 0 radical (unpaired) electrons. The third-order valence-electron chi connectivity index (χ3n) is 2.91. The molecule has 5 heteroatoms. The summed E-state index contributed by atoms with van der Waals surface area (Å²) in [6, 6.07) is 10.9. The van der Waals surface area contributed by atoms with Gasteiger partial charge in [0.25, 0.3) is 0 Å². The van der Waals surface area contributed by atoms with Crippen LogP contribution in [-0.4, -0.2) is 21.3 Å². The number of hydrogen-bond donors (Lipinski definition) is 3. The third kappa shape index (κ3) is 3.84. The third-order valence-corrected chi connectivity index (χ3v) is 3.22. The highest BCUT2D eigenvalue weighted by Crippen LogP contribution is 2.23. The smallest absolute Gasteiger partial charge is 0.337 e. The fourth-order valence-electron chi connectivity index (χ4n) is 1.83. The number of phenols is 1. The molecule has 1 atom stereocenters. The maximum atomic E-state index is 10.9. The molecular weight excluding hydrogens is 292 g/mol. The summed E-state index contributed by atoms with van der Waals surface area (Å²) in [4.78, 5) is 10.9. The van der Waals surface area contributed by atoms with Crippen molar-refractivity contribution in [2.45, 2.75) is 6.10 Å². The fraction of sp³-hybridized carbons (Fsp3) is 0.0625. The summed E-state index contributed by atoms with van der Waals surface area (Å²) >= 11 is 5.86. The van der Waals surface area contributed by atoms with Crippen molar-refractivity contribution in [1.29, 1.82) is 0 Å². The molecule has 0 aliphatic rings. The average molecular weight is 305 g/mol. The largest absolute Gasteiger partial charge is 0.508 e. The maximum Gasteiger partial charge on any atom is 0.337 e. The molecule has 0 bridgehead atoms. The topological polar surface area (TPSA) is 77.8 Å². The Morgan fingerprint density at radius 3 is 2.57 bits per heavy atom. The zero-order valence-electron chi connectivity index (χ0n) is 10.9. The molecule has 0 amide bonds. The molecule has 0 saturated carbocycles. The van der Waals surface area contributed by atoms with Gasteiger partial charge in [-0.15, -0.1) is 0 Å². The van der Waals surface area contributed by atoms with Gasteiger partial charge in [-0.3, -0.25) is 0 Å². The second-order valence-corrected chi connectivity index (χ2v) is 4.85. The van der Waals surface area contributed by atoms with E-state index in [1.54, 1.807) is 30.3 Å². The van der Waals surface area contributed by atoms with E-state index in [0.29, 0.717) is 5.56 Å². The number of phenolic OH excluding ortho intramolecular Hbond substituents is 1. The lowest BCUT2D eigenvalue weighted by Crippen LogP contribution is -2.00. The quantitative estimate of drug-likeness (QED) is 0.808. The Balaban J connectivity index is 2.18. The molecule has 3 N–H and O–H groups in total. The predicted molar refractivity (Wildman–Crippen MR) is 80.5 cm³/mol. The number of carbonyl (C=O) groups is 1. The van der Waals surface area contributed by atoms with E-state index in [1.807, 2.05) is 0 Å². The van der Waals surface area contributed by atoms with E-state index in [1.165, 1.54) is 24.3 Å². The van der Waals surface area contributed by atoms with Crippen LogP contribution in [0.1, 0.15) is 27.6 Å². The van der Waals surface area contributed by atoms with Gasteiger partial charge in [0.2, 0.25) is 0 Å². The highest BCUT2D eigenvalue weighted by atomic mass is 35.5. The van der Waals surface area contributed by atoms with E-state index >= 15 is 0 Å². The minimum atomic E-state index is -1.11. The lowest BCUT2D eigenvalue weighted by atomic mass is 10.1. The summed E-state index contributed by atoms with van der Waals surface area (Å²) in [6.45, 7) is 0. The van der Waals surface area contributed by atoms with Gasteiger partial charge in [0.05, 0.1) is 16.7 Å². The van der Waals surface area contributed by atoms with Crippen LogP contribution in [-0.2, 0) is 0 Å². The number of rotatable bonds is 4. The summed E-state index contributed by atoms with van der Waals surface area (Å²) in [5, 5.41) is 28.4. The molecule has 0 aliphatic carbocycles. The fourth-order valence-corrected chi connectivity index (χ4v) is 2.10. The Labute approximate surface area is 126 Å². The van der Waals surface area contributed by atoms with Crippen LogP contribution in [0.5, 0.6) is 5.75 Å². The standard InChI is InChI=1S/C16H13ClO4/c17-14-9-11(5-6-13(14)16(20)21)15(19)7-4-10-2-1-3-12(18)8-10/h1-9,15,18-19H,(H,20,21). The molecule has 1 unspecified atom stereocenters. The maximum absolute atomic E-state index is 10.9. The Hall–Kier alpha value is -2.30. The number of carboxylic acid groups (broad SMARTS) is 1. The molecule has 2 aromatic carbocycles. The van der Waals surface area contributed by atoms with Gasteiger partial charge in [0.1, 0.15) is 5.75 Å². The first-order valence-corrected chi connectivity index (χ1v) is 6.53. The van der Waals surface area contributed by atoms with E-state index in [0.717, 1.165) is 5.56 Å². The van der Waals surface area contributed by atoms with Crippen LogP contribution in [0.25, 0.3) is 6.08 Å². The number of hydrogen-bond acceptors (Lipinski definition) is 3. The summed E-state index contributed by atoms with van der Waals surface area (Å²) in [7, 11) is 0. The second kappa shape index (κ2) is 6.43. The Bertz CT molecular complexity index is 694. The highest BCUT2D eigenvalue weighted by molar-refractivity contribution is 6.33. The zero-order chi connectivity index (χ0) is 15.4. The molecule has 0 aromatic heterocycles. The molecule has 0 spiro atoms. The normalized spacial score (nSPS) is 12.5. The molecule has 0 heterocycles. The first kappa shape index (κ1) is 15.1. The van der Waals surface area contributed by atoms with Gasteiger partial charge in [0.15, 0.2) is 0 Å². The van der Waals surface area contributed by atoms with Crippen LogP contribution in [0.2, 0.25) is 5.02 Å². The first-order valence-electron chi connectivity index (χ1n) is 6.15. The molecule has 0 fully saturated rings.